The zero-order chi connectivity index (χ0) is 12.9. The van der Waals surface area contributed by atoms with Gasteiger partial charge in [-0.2, -0.15) is 5.26 Å². The molecule has 0 amide bonds. The summed E-state index contributed by atoms with van der Waals surface area (Å²) in [5.41, 5.74) is 0.895. The van der Waals surface area contributed by atoms with Crippen LogP contribution in [0.2, 0.25) is 0 Å². The lowest BCUT2D eigenvalue weighted by Crippen LogP contribution is -2.47. The van der Waals surface area contributed by atoms with Crippen LogP contribution >= 0.6 is 0 Å². The first kappa shape index (κ1) is 11.8. The Morgan fingerprint density at radius 3 is 1.94 bits per heavy atom. The largest absolute Gasteiger partial charge is 0.477 e. The first-order valence-electron chi connectivity index (χ1n) is 6.89. The summed E-state index contributed by atoms with van der Waals surface area (Å²) < 4.78 is 0. The van der Waals surface area contributed by atoms with E-state index in [9.17, 15) is 4.79 Å². The second-order valence-corrected chi connectivity index (χ2v) is 6.61. The van der Waals surface area contributed by atoms with E-state index in [0.717, 1.165) is 42.6 Å². The van der Waals surface area contributed by atoms with E-state index >= 15 is 0 Å². The third-order valence-electron chi connectivity index (χ3n) is 5.53. The number of carbonyl (C=O) groups is 1. The van der Waals surface area contributed by atoms with E-state index in [2.05, 4.69) is 0 Å². The van der Waals surface area contributed by atoms with Gasteiger partial charge in [-0.1, -0.05) is 0 Å². The van der Waals surface area contributed by atoms with E-state index < -0.39 is 5.97 Å². The average Bonchev–Trinajstić information content (AvgIpc) is 2.27. The first-order chi connectivity index (χ1) is 8.54. The molecule has 0 aromatic heterocycles. The second kappa shape index (κ2) is 3.85. The second-order valence-electron chi connectivity index (χ2n) is 6.61. The highest BCUT2D eigenvalue weighted by molar-refractivity contribution is 5.92. The highest BCUT2D eigenvalue weighted by Gasteiger charge is 2.52. The molecule has 0 unspecified atom stereocenters. The molecule has 0 atom stereocenters. The number of nitriles is 1. The summed E-state index contributed by atoms with van der Waals surface area (Å²) in [5.74, 6) is 1.28. The van der Waals surface area contributed by atoms with E-state index in [1.807, 2.05) is 13.0 Å². The maximum absolute atomic E-state index is 11.2. The Labute approximate surface area is 107 Å². The van der Waals surface area contributed by atoms with Crippen LogP contribution in [0.3, 0.4) is 0 Å². The van der Waals surface area contributed by atoms with Crippen molar-refractivity contribution in [3.63, 3.8) is 0 Å². The van der Waals surface area contributed by atoms with Crippen LogP contribution in [-0.2, 0) is 4.79 Å². The van der Waals surface area contributed by atoms with Gasteiger partial charge in [0, 0.05) is 0 Å². The molecule has 3 heteroatoms. The molecule has 4 rings (SSSR count). The van der Waals surface area contributed by atoms with Crippen LogP contribution in [0.1, 0.15) is 45.4 Å². The number of carboxylic acid groups (broad SMARTS) is 1. The van der Waals surface area contributed by atoms with Gasteiger partial charge in [-0.15, -0.1) is 0 Å². The molecule has 4 aliphatic rings. The van der Waals surface area contributed by atoms with Gasteiger partial charge < -0.3 is 5.11 Å². The third kappa shape index (κ3) is 1.59. The van der Waals surface area contributed by atoms with Gasteiger partial charge in [0.25, 0.3) is 0 Å². The Hall–Kier alpha value is -1.30. The summed E-state index contributed by atoms with van der Waals surface area (Å²) in [4.78, 5) is 11.2. The first-order valence-corrected chi connectivity index (χ1v) is 6.89. The number of carboxylic acids is 1. The minimum Gasteiger partial charge on any atom is -0.477 e. The number of hydrogen-bond acceptors (Lipinski definition) is 2. The quantitative estimate of drug-likeness (QED) is 0.600. The van der Waals surface area contributed by atoms with E-state index in [0.29, 0.717) is 0 Å². The number of hydrogen-bond donors (Lipinski definition) is 1. The van der Waals surface area contributed by atoms with Gasteiger partial charge in [0.05, 0.1) is 0 Å². The summed E-state index contributed by atoms with van der Waals surface area (Å²) in [7, 11) is 0. The Kier molecular flexibility index (Phi) is 2.52. The maximum atomic E-state index is 11.2. The van der Waals surface area contributed by atoms with Crippen molar-refractivity contribution in [2.24, 2.45) is 23.2 Å². The minimum atomic E-state index is -1.05. The molecule has 4 bridgehead atoms. The highest BCUT2D eigenvalue weighted by atomic mass is 16.4. The smallest absolute Gasteiger partial charge is 0.346 e. The van der Waals surface area contributed by atoms with Gasteiger partial charge in [0.1, 0.15) is 11.6 Å². The van der Waals surface area contributed by atoms with Crippen LogP contribution in [0.4, 0.5) is 0 Å². The number of allylic oxidation sites excluding steroid dienone is 1. The van der Waals surface area contributed by atoms with Gasteiger partial charge in [0.15, 0.2) is 0 Å². The van der Waals surface area contributed by atoms with Crippen molar-refractivity contribution in [2.75, 3.05) is 0 Å². The van der Waals surface area contributed by atoms with Crippen LogP contribution in [-0.4, -0.2) is 11.1 Å². The van der Waals surface area contributed by atoms with E-state index in [1.54, 1.807) is 0 Å². The summed E-state index contributed by atoms with van der Waals surface area (Å²) in [6.45, 7) is 1.89. The minimum absolute atomic E-state index is 0.00282. The summed E-state index contributed by atoms with van der Waals surface area (Å²) in [6.07, 6.45) is 7.35. The van der Waals surface area contributed by atoms with Crippen molar-refractivity contribution in [2.45, 2.75) is 45.4 Å². The fourth-order valence-corrected chi connectivity index (χ4v) is 5.13. The van der Waals surface area contributed by atoms with Gasteiger partial charge in [-0.3, -0.25) is 0 Å². The van der Waals surface area contributed by atoms with Crippen LogP contribution in [0.25, 0.3) is 0 Å². The summed E-state index contributed by atoms with van der Waals surface area (Å²) in [6, 6.07) is 1.91. The molecule has 3 nitrogen and oxygen atoms in total. The lowest BCUT2D eigenvalue weighted by molar-refractivity contribution is -0.132. The molecule has 0 spiro atoms. The van der Waals surface area contributed by atoms with Gasteiger partial charge in [-0.05, 0) is 74.2 Å². The zero-order valence-corrected chi connectivity index (χ0v) is 10.8. The molecule has 0 aromatic rings. The molecule has 0 aliphatic heterocycles. The summed E-state index contributed by atoms with van der Waals surface area (Å²) in [5, 5.41) is 18.2. The molecule has 18 heavy (non-hydrogen) atoms. The van der Waals surface area contributed by atoms with Gasteiger partial charge in [-0.25, -0.2) is 4.79 Å². The zero-order valence-electron chi connectivity index (χ0n) is 10.8. The van der Waals surface area contributed by atoms with Crippen molar-refractivity contribution < 1.29 is 9.90 Å². The molecule has 96 valence electrons. The predicted molar refractivity (Wildman–Crippen MR) is 66.6 cm³/mol. The van der Waals surface area contributed by atoms with Crippen molar-refractivity contribution in [3.05, 3.63) is 11.1 Å². The van der Waals surface area contributed by atoms with Crippen LogP contribution in [0, 0.1) is 34.5 Å². The molecule has 1 N–H and O–H groups in total. The Morgan fingerprint density at radius 2 is 1.61 bits per heavy atom. The summed E-state index contributed by atoms with van der Waals surface area (Å²) >= 11 is 0. The van der Waals surface area contributed by atoms with E-state index in [4.69, 9.17) is 10.4 Å². The molecule has 0 aromatic carbocycles. The van der Waals surface area contributed by atoms with Gasteiger partial charge in [0.2, 0.25) is 0 Å². The third-order valence-corrected chi connectivity index (χ3v) is 5.53. The number of aliphatic carboxylic acids is 1. The predicted octanol–water partition coefficient (Wildman–Crippen LogP) is 3.13. The molecule has 4 saturated carbocycles. The monoisotopic (exact) mass is 245 g/mol. The Balaban J connectivity index is 2.01. The molecule has 0 heterocycles. The van der Waals surface area contributed by atoms with Crippen LogP contribution in [0.5, 0.6) is 0 Å². The van der Waals surface area contributed by atoms with Gasteiger partial charge >= 0.3 is 5.97 Å². The molecule has 0 radical (unpaired) electrons. The van der Waals surface area contributed by atoms with Crippen molar-refractivity contribution in [1.82, 2.24) is 0 Å². The molecular formula is C15H19NO2. The lowest BCUT2D eigenvalue weighted by atomic mass is 9.47. The fourth-order valence-electron chi connectivity index (χ4n) is 5.13. The highest BCUT2D eigenvalue weighted by Crippen LogP contribution is 2.62. The van der Waals surface area contributed by atoms with Crippen molar-refractivity contribution in [1.29, 1.82) is 5.26 Å². The number of nitrogens with zero attached hydrogens (tertiary/aromatic N) is 1. The SMILES string of the molecule is C/C(=C(/C#N)C(=O)O)C12CC3CC(CC(C3)C1)C2. The normalized spacial score (nSPS) is 42.3. The van der Waals surface area contributed by atoms with Crippen molar-refractivity contribution in [3.8, 4) is 6.07 Å². The molecule has 4 aliphatic carbocycles. The topological polar surface area (TPSA) is 61.1 Å². The maximum Gasteiger partial charge on any atom is 0.346 e. The molecule has 0 saturated heterocycles. The van der Waals surface area contributed by atoms with Crippen LogP contribution in [0.15, 0.2) is 11.1 Å². The molecule has 4 fully saturated rings. The van der Waals surface area contributed by atoms with Crippen LogP contribution < -0.4 is 0 Å². The Bertz CT molecular complexity index is 434. The average molecular weight is 245 g/mol. The van der Waals surface area contributed by atoms with E-state index in [1.165, 1.54) is 19.3 Å². The molecular weight excluding hydrogens is 226 g/mol. The Morgan fingerprint density at radius 1 is 1.17 bits per heavy atom. The number of rotatable bonds is 2. The lowest BCUT2D eigenvalue weighted by Gasteiger charge is -2.57. The van der Waals surface area contributed by atoms with E-state index in [-0.39, 0.29) is 11.0 Å². The standard InChI is InChI=1S/C15H19NO2/c1-9(13(8-16)14(17)18)15-5-10-2-11(6-15)4-12(3-10)7-15/h10-12H,2-7H2,1H3,(H,17,18)/b13-9+. The fraction of sp³-hybridized carbons (Fsp3) is 0.733. The van der Waals surface area contributed by atoms with Crippen molar-refractivity contribution >= 4 is 5.97 Å².